The normalized spacial score (nSPS) is 9.75. The van der Waals surface area contributed by atoms with Crippen molar-refractivity contribution in [1.82, 2.24) is 15.2 Å². The van der Waals surface area contributed by atoms with E-state index in [9.17, 15) is 4.79 Å². The molecule has 0 amide bonds. The van der Waals surface area contributed by atoms with Crippen molar-refractivity contribution in [2.24, 2.45) is 0 Å². The molecule has 0 unspecified atom stereocenters. The van der Waals surface area contributed by atoms with Gasteiger partial charge < -0.3 is 4.74 Å². The molecule has 0 aliphatic heterocycles. The van der Waals surface area contributed by atoms with Crippen LogP contribution in [0.5, 0.6) is 6.01 Å². The maximum Gasteiger partial charge on any atom is 0.319 e. The first-order chi connectivity index (χ1) is 5.72. The van der Waals surface area contributed by atoms with Gasteiger partial charge in [0.25, 0.3) is 0 Å². The Morgan fingerprint density at radius 1 is 1.67 bits per heavy atom. The first-order valence-corrected chi connectivity index (χ1v) is 3.98. The van der Waals surface area contributed by atoms with Crippen molar-refractivity contribution in [2.75, 3.05) is 0 Å². The fraction of sp³-hybridized carbons (Fsp3) is 0.500. The van der Waals surface area contributed by atoms with Crippen LogP contribution in [0.15, 0.2) is 0 Å². The molecule has 0 bridgehead atoms. The van der Waals surface area contributed by atoms with Crippen LogP contribution in [0.1, 0.15) is 19.8 Å². The van der Waals surface area contributed by atoms with Gasteiger partial charge in [-0.25, -0.2) is 0 Å². The molecule has 1 rings (SSSR count). The molecular weight excluding hydrogens is 178 g/mol. The highest BCUT2D eigenvalue weighted by molar-refractivity contribution is 7.71. The summed E-state index contributed by atoms with van der Waals surface area (Å²) in [6.07, 6.45) is 1.14. The predicted molar refractivity (Wildman–Crippen MR) is 44.3 cm³/mol. The summed E-state index contributed by atoms with van der Waals surface area (Å²) < 4.78 is 5.04. The molecule has 66 valence electrons. The minimum absolute atomic E-state index is 0.124. The molecule has 5 nitrogen and oxygen atoms in total. The van der Waals surface area contributed by atoms with Gasteiger partial charge in [-0.1, -0.05) is 6.92 Å². The highest BCUT2D eigenvalue weighted by atomic mass is 32.1. The minimum Gasteiger partial charge on any atom is -0.391 e. The minimum atomic E-state index is -0.310. The van der Waals surface area contributed by atoms with Crippen LogP contribution in [0.4, 0.5) is 0 Å². The maximum absolute atomic E-state index is 10.9. The number of hydrogen-bond donors (Lipinski definition) is 2. The number of aromatic amines is 2. The third kappa shape index (κ3) is 2.46. The summed E-state index contributed by atoms with van der Waals surface area (Å²) in [6.45, 7) is 1.90. The lowest BCUT2D eigenvalue weighted by Crippen LogP contribution is -2.07. The molecular formula is C6H9N3O2S. The Hall–Kier alpha value is -1.17. The van der Waals surface area contributed by atoms with Crippen molar-refractivity contribution in [3.63, 3.8) is 0 Å². The van der Waals surface area contributed by atoms with Gasteiger partial charge in [-0.05, 0) is 18.6 Å². The van der Waals surface area contributed by atoms with E-state index in [0.717, 1.165) is 6.42 Å². The lowest BCUT2D eigenvalue weighted by atomic mass is 10.3. The number of esters is 1. The molecule has 0 aliphatic carbocycles. The van der Waals surface area contributed by atoms with Crippen LogP contribution in [0, 0.1) is 4.77 Å². The second kappa shape index (κ2) is 4.01. The van der Waals surface area contributed by atoms with E-state index in [0.29, 0.717) is 6.42 Å². The van der Waals surface area contributed by atoms with Crippen LogP contribution in [-0.4, -0.2) is 21.2 Å². The number of rotatable bonds is 3. The van der Waals surface area contributed by atoms with Crippen LogP contribution in [0.3, 0.4) is 0 Å². The van der Waals surface area contributed by atoms with E-state index in [1.54, 1.807) is 0 Å². The Morgan fingerprint density at radius 2 is 2.42 bits per heavy atom. The van der Waals surface area contributed by atoms with Crippen LogP contribution in [-0.2, 0) is 4.79 Å². The summed E-state index contributed by atoms with van der Waals surface area (Å²) in [5, 5.41) is 5.03. The molecule has 0 saturated heterocycles. The third-order valence-electron chi connectivity index (χ3n) is 1.14. The number of carbonyl (C=O) groups excluding carboxylic acids is 1. The second-order valence-corrected chi connectivity index (χ2v) is 2.58. The van der Waals surface area contributed by atoms with Crippen LogP contribution in [0.2, 0.25) is 0 Å². The monoisotopic (exact) mass is 187 g/mol. The molecule has 0 aliphatic rings. The Morgan fingerprint density at radius 3 is 2.92 bits per heavy atom. The van der Waals surface area contributed by atoms with Gasteiger partial charge in [-0.3, -0.25) is 15.0 Å². The van der Waals surface area contributed by atoms with Gasteiger partial charge in [0.1, 0.15) is 0 Å². The quantitative estimate of drug-likeness (QED) is 0.550. The van der Waals surface area contributed by atoms with E-state index in [4.69, 9.17) is 4.74 Å². The molecule has 1 aromatic heterocycles. The molecule has 0 spiro atoms. The molecule has 0 atom stereocenters. The van der Waals surface area contributed by atoms with Gasteiger partial charge in [-0.2, -0.15) is 4.98 Å². The summed E-state index contributed by atoms with van der Waals surface area (Å²) in [5.74, 6) is -0.310. The molecule has 2 N–H and O–H groups in total. The van der Waals surface area contributed by atoms with Gasteiger partial charge in [-0.15, -0.1) is 0 Å². The molecule has 1 heterocycles. The molecule has 0 radical (unpaired) electrons. The Labute approximate surface area is 74.1 Å². The number of hydrogen-bond acceptors (Lipinski definition) is 4. The number of H-pyrrole nitrogens is 2. The number of nitrogens with zero attached hydrogens (tertiary/aromatic N) is 1. The van der Waals surface area contributed by atoms with E-state index in [1.165, 1.54) is 0 Å². The zero-order valence-electron chi connectivity index (χ0n) is 6.59. The van der Waals surface area contributed by atoms with E-state index in [1.807, 2.05) is 6.92 Å². The number of nitrogens with one attached hydrogen (secondary N) is 2. The van der Waals surface area contributed by atoms with E-state index in [-0.39, 0.29) is 16.8 Å². The Kier molecular flexibility index (Phi) is 2.98. The van der Waals surface area contributed by atoms with Crippen molar-refractivity contribution in [1.29, 1.82) is 0 Å². The predicted octanol–water partition coefficient (Wildman–Crippen LogP) is 1.17. The summed E-state index contributed by atoms with van der Waals surface area (Å²) in [6, 6.07) is 0.124. The topological polar surface area (TPSA) is 70.8 Å². The largest absolute Gasteiger partial charge is 0.391 e. The maximum atomic E-state index is 10.9. The second-order valence-electron chi connectivity index (χ2n) is 2.20. The fourth-order valence-corrected chi connectivity index (χ4v) is 0.800. The third-order valence-corrected chi connectivity index (χ3v) is 1.34. The van der Waals surface area contributed by atoms with Crippen LogP contribution in [0.25, 0.3) is 0 Å². The van der Waals surface area contributed by atoms with Gasteiger partial charge >= 0.3 is 12.0 Å². The van der Waals surface area contributed by atoms with Gasteiger partial charge in [0, 0.05) is 6.42 Å². The average molecular weight is 187 g/mol. The van der Waals surface area contributed by atoms with Gasteiger partial charge in [0.05, 0.1) is 0 Å². The van der Waals surface area contributed by atoms with Crippen molar-refractivity contribution < 1.29 is 9.53 Å². The van der Waals surface area contributed by atoms with Crippen LogP contribution >= 0.6 is 12.2 Å². The SMILES string of the molecule is CCCC(=O)Oc1nc(=S)[nH][nH]1. The van der Waals surface area contributed by atoms with Crippen molar-refractivity contribution in [2.45, 2.75) is 19.8 Å². The number of ether oxygens (including phenoxy) is 1. The molecule has 1 aromatic rings. The molecule has 0 aromatic carbocycles. The van der Waals surface area contributed by atoms with Crippen molar-refractivity contribution >= 4 is 18.2 Å². The summed E-state index contributed by atoms with van der Waals surface area (Å²) in [5.41, 5.74) is 0. The van der Waals surface area contributed by atoms with Crippen molar-refractivity contribution in [3.05, 3.63) is 4.77 Å². The number of carbonyl (C=O) groups is 1. The van der Waals surface area contributed by atoms with E-state index >= 15 is 0 Å². The van der Waals surface area contributed by atoms with Gasteiger partial charge in [0.15, 0.2) is 0 Å². The van der Waals surface area contributed by atoms with Gasteiger partial charge in [0.2, 0.25) is 4.77 Å². The molecule has 6 heteroatoms. The van der Waals surface area contributed by atoms with Crippen molar-refractivity contribution in [3.8, 4) is 6.01 Å². The summed E-state index contributed by atoms with van der Waals surface area (Å²) >= 11 is 4.66. The smallest absolute Gasteiger partial charge is 0.319 e. The zero-order valence-corrected chi connectivity index (χ0v) is 7.40. The first-order valence-electron chi connectivity index (χ1n) is 3.57. The molecule has 0 fully saturated rings. The van der Waals surface area contributed by atoms with Crippen LogP contribution < -0.4 is 4.74 Å². The Balaban J connectivity index is 2.52. The zero-order chi connectivity index (χ0) is 8.97. The first kappa shape index (κ1) is 8.92. The summed E-state index contributed by atoms with van der Waals surface area (Å²) in [7, 11) is 0. The summed E-state index contributed by atoms with van der Waals surface area (Å²) in [4.78, 5) is 14.6. The fourth-order valence-electron chi connectivity index (χ4n) is 0.666. The average Bonchev–Trinajstić information content (AvgIpc) is 2.36. The highest BCUT2D eigenvalue weighted by Gasteiger charge is 2.04. The van der Waals surface area contributed by atoms with E-state index in [2.05, 4.69) is 27.4 Å². The lowest BCUT2D eigenvalue weighted by Gasteiger charge is -1.95. The Bertz CT molecular complexity index is 317. The number of aromatic nitrogens is 3. The standard InChI is InChI=1S/C6H9N3O2S/c1-2-3-4(10)11-5-7-6(12)9-8-5/h2-3H2,1H3,(H2,7,8,9,12). The highest BCUT2D eigenvalue weighted by Crippen LogP contribution is 2.00. The molecule has 12 heavy (non-hydrogen) atoms. The molecule has 0 saturated carbocycles. The van der Waals surface area contributed by atoms with E-state index < -0.39 is 0 Å². The lowest BCUT2D eigenvalue weighted by molar-refractivity contribution is -0.134.